The third kappa shape index (κ3) is 5.27. The normalized spacial score (nSPS) is 17.6. The van der Waals surface area contributed by atoms with Gasteiger partial charge in [0.25, 0.3) is 5.91 Å². The molecule has 1 heterocycles. The molecule has 0 aromatic heterocycles. The average Bonchev–Trinajstić information content (AvgIpc) is 2.73. The Kier molecular flexibility index (Phi) is 7.27. The largest absolute Gasteiger partial charge is 0.465 e. The SMILES string of the molecule is CCOC(=O)CNNC(=O)C1CN(S(=O)(=O)c2ccc3cc(Cl)ccc3c2)CCN1. The van der Waals surface area contributed by atoms with Crippen LogP contribution in [0.4, 0.5) is 0 Å². The molecular formula is C19H23ClN4O5S. The van der Waals surface area contributed by atoms with Gasteiger partial charge in [-0.3, -0.25) is 15.0 Å². The molecule has 1 atom stereocenters. The van der Waals surface area contributed by atoms with Gasteiger partial charge in [-0.25, -0.2) is 13.8 Å². The predicted molar refractivity (Wildman–Crippen MR) is 112 cm³/mol. The molecule has 1 aliphatic heterocycles. The van der Waals surface area contributed by atoms with Crippen LogP contribution in [-0.2, 0) is 24.3 Å². The van der Waals surface area contributed by atoms with Crippen molar-refractivity contribution in [3.63, 3.8) is 0 Å². The van der Waals surface area contributed by atoms with Crippen molar-refractivity contribution in [1.29, 1.82) is 0 Å². The zero-order valence-corrected chi connectivity index (χ0v) is 17.9. The van der Waals surface area contributed by atoms with Crippen LogP contribution < -0.4 is 16.2 Å². The van der Waals surface area contributed by atoms with Crippen LogP contribution in [0.5, 0.6) is 0 Å². The maximum absolute atomic E-state index is 13.1. The number of carbonyl (C=O) groups excluding carboxylic acids is 2. The van der Waals surface area contributed by atoms with Gasteiger partial charge in [0, 0.05) is 24.7 Å². The molecule has 162 valence electrons. The molecule has 9 nitrogen and oxygen atoms in total. The van der Waals surface area contributed by atoms with Crippen LogP contribution >= 0.6 is 11.6 Å². The Balaban J connectivity index is 1.67. The number of piperazine rings is 1. The number of halogens is 1. The molecule has 0 bridgehead atoms. The van der Waals surface area contributed by atoms with Crippen molar-refractivity contribution in [2.24, 2.45) is 0 Å². The second kappa shape index (κ2) is 9.71. The minimum atomic E-state index is -3.79. The van der Waals surface area contributed by atoms with E-state index in [4.69, 9.17) is 16.3 Å². The molecule has 1 unspecified atom stereocenters. The van der Waals surface area contributed by atoms with Crippen LogP contribution in [0.3, 0.4) is 0 Å². The Morgan fingerprint density at radius 3 is 2.73 bits per heavy atom. The molecule has 1 aliphatic rings. The van der Waals surface area contributed by atoms with E-state index in [9.17, 15) is 18.0 Å². The van der Waals surface area contributed by atoms with E-state index in [0.717, 1.165) is 10.8 Å². The van der Waals surface area contributed by atoms with Crippen LogP contribution in [0, 0.1) is 0 Å². The van der Waals surface area contributed by atoms with Gasteiger partial charge in [0.05, 0.1) is 11.5 Å². The molecular weight excluding hydrogens is 432 g/mol. The van der Waals surface area contributed by atoms with Crippen LogP contribution in [0.15, 0.2) is 41.3 Å². The first-order valence-electron chi connectivity index (χ1n) is 9.42. The molecule has 0 saturated carbocycles. The van der Waals surface area contributed by atoms with Crippen molar-refractivity contribution >= 4 is 44.3 Å². The van der Waals surface area contributed by atoms with Crippen molar-refractivity contribution < 1.29 is 22.7 Å². The number of nitrogens with zero attached hydrogens (tertiary/aromatic N) is 1. The summed E-state index contributed by atoms with van der Waals surface area (Å²) < 4.78 is 32.2. The fourth-order valence-corrected chi connectivity index (χ4v) is 4.80. The number of hydrogen-bond acceptors (Lipinski definition) is 7. The summed E-state index contributed by atoms with van der Waals surface area (Å²) in [5, 5.41) is 5.15. The number of fused-ring (bicyclic) bond motifs is 1. The van der Waals surface area contributed by atoms with Crippen LogP contribution in [0.2, 0.25) is 5.02 Å². The lowest BCUT2D eigenvalue weighted by atomic mass is 10.1. The maximum Gasteiger partial charge on any atom is 0.321 e. The van der Waals surface area contributed by atoms with Crippen LogP contribution in [-0.4, -0.2) is 63.4 Å². The monoisotopic (exact) mass is 454 g/mol. The first-order chi connectivity index (χ1) is 14.3. The lowest BCUT2D eigenvalue weighted by Gasteiger charge is -2.32. The maximum atomic E-state index is 13.1. The first-order valence-corrected chi connectivity index (χ1v) is 11.2. The van der Waals surface area contributed by atoms with Gasteiger partial charge in [-0.1, -0.05) is 23.7 Å². The Hall–Kier alpha value is -2.24. The van der Waals surface area contributed by atoms with E-state index in [1.165, 1.54) is 10.4 Å². The molecule has 2 aromatic rings. The quantitative estimate of drug-likeness (QED) is 0.415. The fourth-order valence-electron chi connectivity index (χ4n) is 3.12. The standard InChI is InChI=1S/C19H23ClN4O5S/c1-2-29-18(25)11-22-23-19(26)17-12-24(8-7-21-17)30(27,28)16-6-4-13-9-15(20)5-3-14(13)10-16/h3-6,9-10,17,21-22H,2,7-8,11-12H2,1H3,(H,23,26). The molecule has 2 aromatic carbocycles. The summed E-state index contributed by atoms with van der Waals surface area (Å²) in [7, 11) is -3.79. The highest BCUT2D eigenvalue weighted by Crippen LogP contribution is 2.25. The van der Waals surface area contributed by atoms with Gasteiger partial charge in [0.1, 0.15) is 12.6 Å². The number of amides is 1. The van der Waals surface area contributed by atoms with E-state index in [1.54, 1.807) is 37.3 Å². The topological polar surface area (TPSA) is 117 Å². The minimum absolute atomic E-state index is 0.0338. The van der Waals surface area contributed by atoms with E-state index in [0.29, 0.717) is 11.6 Å². The average molecular weight is 455 g/mol. The number of carbonyl (C=O) groups is 2. The molecule has 1 amide bonds. The Morgan fingerprint density at radius 2 is 1.97 bits per heavy atom. The van der Waals surface area contributed by atoms with E-state index < -0.39 is 27.9 Å². The van der Waals surface area contributed by atoms with E-state index >= 15 is 0 Å². The molecule has 0 radical (unpaired) electrons. The van der Waals surface area contributed by atoms with Gasteiger partial charge in [-0.2, -0.15) is 4.31 Å². The summed E-state index contributed by atoms with van der Waals surface area (Å²) in [6, 6.07) is 9.31. The number of benzene rings is 2. The fraction of sp³-hybridized carbons (Fsp3) is 0.368. The first kappa shape index (κ1) is 22.4. The van der Waals surface area contributed by atoms with Crippen LogP contribution in [0.1, 0.15) is 6.92 Å². The number of rotatable bonds is 7. The Labute approximate surface area is 179 Å². The van der Waals surface area contributed by atoms with Crippen LogP contribution in [0.25, 0.3) is 10.8 Å². The van der Waals surface area contributed by atoms with Gasteiger partial charge < -0.3 is 10.1 Å². The second-order valence-electron chi connectivity index (χ2n) is 6.67. The molecule has 0 aliphatic carbocycles. The van der Waals surface area contributed by atoms with E-state index in [-0.39, 0.29) is 31.1 Å². The minimum Gasteiger partial charge on any atom is -0.465 e. The molecule has 0 spiro atoms. The van der Waals surface area contributed by atoms with Crippen molar-refractivity contribution in [3.8, 4) is 0 Å². The number of esters is 1. The van der Waals surface area contributed by atoms with Gasteiger partial charge in [0.15, 0.2) is 0 Å². The van der Waals surface area contributed by atoms with E-state index in [2.05, 4.69) is 16.2 Å². The highest BCUT2D eigenvalue weighted by Gasteiger charge is 2.33. The van der Waals surface area contributed by atoms with Crippen molar-refractivity contribution in [2.45, 2.75) is 17.9 Å². The lowest BCUT2D eigenvalue weighted by molar-refractivity contribution is -0.142. The van der Waals surface area contributed by atoms with Crippen molar-refractivity contribution in [3.05, 3.63) is 41.4 Å². The summed E-state index contributed by atoms with van der Waals surface area (Å²) in [6.07, 6.45) is 0. The molecule has 3 rings (SSSR count). The van der Waals surface area contributed by atoms with Crippen molar-refractivity contribution in [2.75, 3.05) is 32.8 Å². The number of nitrogens with one attached hydrogen (secondary N) is 3. The molecule has 11 heteroatoms. The zero-order valence-electron chi connectivity index (χ0n) is 16.4. The summed E-state index contributed by atoms with van der Waals surface area (Å²) in [6.45, 7) is 2.26. The Morgan fingerprint density at radius 1 is 1.23 bits per heavy atom. The molecule has 3 N–H and O–H groups in total. The van der Waals surface area contributed by atoms with Gasteiger partial charge >= 0.3 is 5.97 Å². The Bertz CT molecular complexity index is 1050. The third-order valence-corrected chi connectivity index (χ3v) is 6.71. The summed E-state index contributed by atoms with van der Waals surface area (Å²) in [5.41, 5.74) is 4.88. The van der Waals surface area contributed by atoms with Crippen molar-refractivity contribution in [1.82, 2.24) is 20.5 Å². The summed E-state index contributed by atoms with van der Waals surface area (Å²) in [4.78, 5) is 23.8. The number of sulfonamides is 1. The van der Waals surface area contributed by atoms with Gasteiger partial charge in [-0.15, -0.1) is 0 Å². The summed E-state index contributed by atoms with van der Waals surface area (Å²) >= 11 is 5.98. The highest BCUT2D eigenvalue weighted by atomic mass is 35.5. The smallest absolute Gasteiger partial charge is 0.321 e. The molecule has 1 fully saturated rings. The van der Waals surface area contributed by atoms with Gasteiger partial charge in [0.2, 0.25) is 10.0 Å². The number of hydrazine groups is 1. The number of ether oxygens (including phenoxy) is 1. The number of hydrogen-bond donors (Lipinski definition) is 3. The third-order valence-electron chi connectivity index (χ3n) is 4.62. The second-order valence-corrected chi connectivity index (χ2v) is 9.05. The van der Waals surface area contributed by atoms with Gasteiger partial charge in [-0.05, 0) is 42.0 Å². The lowest BCUT2D eigenvalue weighted by Crippen LogP contribution is -2.60. The molecule has 30 heavy (non-hydrogen) atoms. The van der Waals surface area contributed by atoms with E-state index in [1.807, 2.05) is 0 Å². The summed E-state index contributed by atoms with van der Waals surface area (Å²) in [5.74, 6) is -0.969. The zero-order chi connectivity index (χ0) is 21.7. The molecule has 1 saturated heterocycles. The highest BCUT2D eigenvalue weighted by molar-refractivity contribution is 7.89. The predicted octanol–water partition coefficient (Wildman–Crippen LogP) is 0.640.